The van der Waals surface area contributed by atoms with E-state index in [0.29, 0.717) is 23.9 Å². The van der Waals surface area contributed by atoms with Gasteiger partial charge in [0.25, 0.3) is 0 Å². The van der Waals surface area contributed by atoms with Gasteiger partial charge >= 0.3 is 0 Å². The summed E-state index contributed by atoms with van der Waals surface area (Å²) in [6.45, 7) is 8.80. The molecule has 0 aromatic carbocycles. The number of furan rings is 1. The minimum absolute atomic E-state index is 0.361. The van der Waals surface area contributed by atoms with Crippen LogP contribution in [0.5, 0.6) is 0 Å². The number of rotatable bonds is 4. The molecule has 1 aromatic rings. The van der Waals surface area contributed by atoms with E-state index in [2.05, 4.69) is 37.8 Å². The lowest BCUT2D eigenvalue weighted by Crippen LogP contribution is -2.39. The van der Waals surface area contributed by atoms with Crippen molar-refractivity contribution < 1.29 is 4.42 Å². The zero-order valence-electron chi connectivity index (χ0n) is 13.7. The number of likely N-dealkylation sites (tertiary alicyclic amines) is 1. The molecule has 118 valence electrons. The maximum absolute atomic E-state index is 6.29. The average molecular weight is 290 g/mol. The highest BCUT2D eigenvalue weighted by Gasteiger charge is 2.39. The van der Waals surface area contributed by atoms with Gasteiger partial charge in [0.2, 0.25) is 0 Å². The molecule has 1 saturated carbocycles. The van der Waals surface area contributed by atoms with E-state index in [4.69, 9.17) is 10.2 Å². The first-order chi connectivity index (χ1) is 10.1. The molecule has 3 rings (SSSR count). The van der Waals surface area contributed by atoms with Gasteiger partial charge in [-0.05, 0) is 70.2 Å². The molecule has 1 aliphatic carbocycles. The van der Waals surface area contributed by atoms with E-state index < -0.39 is 0 Å². The second-order valence-electron chi connectivity index (χ2n) is 7.33. The highest BCUT2D eigenvalue weighted by atomic mass is 16.3. The Morgan fingerprint density at radius 2 is 2.00 bits per heavy atom. The van der Waals surface area contributed by atoms with Crippen molar-refractivity contribution in [3.63, 3.8) is 0 Å². The maximum Gasteiger partial charge on any atom is 0.121 e. The third-order valence-electron chi connectivity index (χ3n) is 5.43. The van der Waals surface area contributed by atoms with Gasteiger partial charge in [-0.15, -0.1) is 0 Å². The Morgan fingerprint density at radius 3 is 2.62 bits per heavy atom. The van der Waals surface area contributed by atoms with Crippen LogP contribution in [0.1, 0.15) is 69.9 Å². The van der Waals surface area contributed by atoms with Crippen LogP contribution in [-0.4, -0.2) is 24.0 Å². The Kier molecular flexibility index (Phi) is 4.41. The van der Waals surface area contributed by atoms with Gasteiger partial charge in [0.1, 0.15) is 11.5 Å². The standard InChI is InChI=1S/C18H30N2O/c1-12(2)20-9-5-4-6-14(11-19)18(20)17-8-7-16(21-17)15-10-13(15)3/h7-8,12-15,18H,4-6,9-11,19H2,1-3H3. The van der Waals surface area contributed by atoms with Gasteiger partial charge in [0, 0.05) is 12.0 Å². The second kappa shape index (κ2) is 6.13. The predicted octanol–water partition coefficient (Wildman–Crippen LogP) is 3.91. The Morgan fingerprint density at radius 1 is 1.29 bits per heavy atom. The molecule has 0 bridgehead atoms. The van der Waals surface area contributed by atoms with Crippen molar-refractivity contribution in [2.75, 3.05) is 13.1 Å². The van der Waals surface area contributed by atoms with Crippen molar-refractivity contribution in [1.82, 2.24) is 4.90 Å². The van der Waals surface area contributed by atoms with Gasteiger partial charge in [0.15, 0.2) is 0 Å². The molecule has 2 heterocycles. The Bertz CT molecular complexity index is 468. The quantitative estimate of drug-likeness (QED) is 0.914. The first kappa shape index (κ1) is 15.1. The topological polar surface area (TPSA) is 42.4 Å². The van der Waals surface area contributed by atoms with Crippen LogP contribution in [0.4, 0.5) is 0 Å². The number of hydrogen-bond donors (Lipinski definition) is 1. The summed E-state index contributed by atoms with van der Waals surface area (Å²) in [4.78, 5) is 2.60. The first-order valence-electron chi connectivity index (χ1n) is 8.67. The van der Waals surface area contributed by atoms with Crippen LogP contribution < -0.4 is 5.73 Å². The molecule has 2 fully saturated rings. The van der Waals surface area contributed by atoms with Crippen LogP contribution in [0.25, 0.3) is 0 Å². The van der Waals surface area contributed by atoms with Crippen molar-refractivity contribution >= 4 is 0 Å². The highest BCUT2D eigenvalue weighted by molar-refractivity contribution is 5.20. The molecule has 2 aliphatic rings. The summed E-state index contributed by atoms with van der Waals surface area (Å²) < 4.78 is 6.29. The lowest BCUT2D eigenvalue weighted by molar-refractivity contribution is 0.102. The molecule has 4 atom stereocenters. The highest BCUT2D eigenvalue weighted by Crippen LogP contribution is 2.48. The molecule has 0 spiro atoms. The maximum atomic E-state index is 6.29. The third kappa shape index (κ3) is 3.04. The Hall–Kier alpha value is -0.800. The lowest BCUT2D eigenvalue weighted by atomic mass is 9.92. The number of hydrogen-bond acceptors (Lipinski definition) is 3. The van der Waals surface area contributed by atoms with Crippen molar-refractivity contribution in [1.29, 1.82) is 0 Å². The Balaban J connectivity index is 1.87. The summed E-state index contributed by atoms with van der Waals surface area (Å²) in [5.74, 6) is 4.32. The molecule has 2 N–H and O–H groups in total. The third-order valence-corrected chi connectivity index (χ3v) is 5.43. The van der Waals surface area contributed by atoms with E-state index in [0.717, 1.165) is 24.8 Å². The lowest BCUT2D eigenvalue weighted by Gasteiger charge is -2.36. The Labute approximate surface area is 128 Å². The summed E-state index contributed by atoms with van der Waals surface area (Å²) in [6, 6.07) is 5.32. The molecule has 3 nitrogen and oxygen atoms in total. The van der Waals surface area contributed by atoms with Crippen LogP contribution in [0, 0.1) is 11.8 Å². The summed E-state index contributed by atoms with van der Waals surface area (Å²) in [7, 11) is 0. The fourth-order valence-electron chi connectivity index (χ4n) is 3.94. The van der Waals surface area contributed by atoms with E-state index in [1.54, 1.807) is 0 Å². The molecule has 4 unspecified atom stereocenters. The van der Waals surface area contributed by atoms with Gasteiger partial charge in [-0.1, -0.05) is 13.3 Å². The molecule has 0 radical (unpaired) electrons. The summed E-state index contributed by atoms with van der Waals surface area (Å²) in [5, 5.41) is 0. The minimum atomic E-state index is 0.361. The zero-order chi connectivity index (χ0) is 15.0. The van der Waals surface area contributed by atoms with Crippen LogP contribution in [-0.2, 0) is 0 Å². The SMILES string of the molecule is CC1CC1c1ccc(C2C(CN)CCCCN2C(C)C)o1. The molecule has 21 heavy (non-hydrogen) atoms. The average Bonchev–Trinajstić information content (AvgIpc) is 3.07. The normalized spacial score (nSPS) is 34.1. The van der Waals surface area contributed by atoms with Crippen molar-refractivity contribution in [3.8, 4) is 0 Å². The van der Waals surface area contributed by atoms with Crippen LogP contribution in [0.2, 0.25) is 0 Å². The molecule has 3 heteroatoms. The van der Waals surface area contributed by atoms with E-state index in [-0.39, 0.29) is 0 Å². The molecular formula is C18H30N2O. The molecule has 1 aliphatic heterocycles. The fourth-order valence-corrected chi connectivity index (χ4v) is 3.94. The monoisotopic (exact) mass is 290 g/mol. The number of nitrogens with two attached hydrogens (primary N) is 1. The largest absolute Gasteiger partial charge is 0.464 e. The van der Waals surface area contributed by atoms with Gasteiger partial charge < -0.3 is 10.2 Å². The van der Waals surface area contributed by atoms with Crippen LogP contribution in [0.15, 0.2) is 16.5 Å². The molecule has 1 aromatic heterocycles. The molecular weight excluding hydrogens is 260 g/mol. The fraction of sp³-hybridized carbons (Fsp3) is 0.778. The van der Waals surface area contributed by atoms with Crippen molar-refractivity contribution in [3.05, 3.63) is 23.7 Å². The van der Waals surface area contributed by atoms with Crippen LogP contribution in [0.3, 0.4) is 0 Å². The predicted molar refractivity (Wildman–Crippen MR) is 86.2 cm³/mol. The number of nitrogens with zero attached hydrogens (tertiary/aromatic N) is 1. The summed E-state index contributed by atoms with van der Waals surface area (Å²) >= 11 is 0. The van der Waals surface area contributed by atoms with Gasteiger partial charge in [0.05, 0.1) is 6.04 Å². The van der Waals surface area contributed by atoms with E-state index in [9.17, 15) is 0 Å². The zero-order valence-corrected chi connectivity index (χ0v) is 13.7. The first-order valence-corrected chi connectivity index (χ1v) is 8.67. The van der Waals surface area contributed by atoms with Crippen molar-refractivity contribution in [2.24, 2.45) is 17.6 Å². The smallest absolute Gasteiger partial charge is 0.121 e. The van der Waals surface area contributed by atoms with E-state index in [1.807, 2.05) is 0 Å². The van der Waals surface area contributed by atoms with Gasteiger partial charge in [-0.2, -0.15) is 0 Å². The van der Waals surface area contributed by atoms with E-state index >= 15 is 0 Å². The van der Waals surface area contributed by atoms with Gasteiger partial charge in [-0.3, -0.25) is 4.90 Å². The summed E-state index contributed by atoms with van der Waals surface area (Å²) in [6.07, 6.45) is 5.07. The summed E-state index contributed by atoms with van der Waals surface area (Å²) in [5.41, 5.74) is 6.10. The second-order valence-corrected chi connectivity index (χ2v) is 7.33. The van der Waals surface area contributed by atoms with E-state index in [1.165, 1.54) is 31.4 Å². The van der Waals surface area contributed by atoms with Gasteiger partial charge in [-0.25, -0.2) is 0 Å². The minimum Gasteiger partial charge on any atom is -0.464 e. The molecule has 1 saturated heterocycles. The van der Waals surface area contributed by atoms with Crippen LogP contribution >= 0.6 is 0 Å². The molecule has 0 amide bonds. The van der Waals surface area contributed by atoms with Crippen molar-refractivity contribution in [2.45, 2.75) is 64.5 Å².